The normalized spacial score (nSPS) is 10.2. The molecule has 7 heteroatoms. The maximum Gasteiger partial charge on any atom is 0.337 e. The lowest BCUT2D eigenvalue weighted by Crippen LogP contribution is -2.03. The fourth-order valence-corrected chi connectivity index (χ4v) is 2.27. The highest BCUT2D eigenvalue weighted by Gasteiger charge is 2.07. The molecule has 25 heavy (non-hydrogen) atoms. The largest absolute Gasteiger partial charge is 0.465 e. The number of rotatable bonds is 5. The zero-order valence-corrected chi connectivity index (χ0v) is 14.1. The molecule has 0 fully saturated rings. The van der Waals surface area contributed by atoms with Gasteiger partial charge in [-0.3, -0.25) is 0 Å². The summed E-state index contributed by atoms with van der Waals surface area (Å²) in [4.78, 5) is 20.2. The zero-order chi connectivity index (χ0) is 17.6. The first-order chi connectivity index (χ1) is 12.1. The van der Waals surface area contributed by atoms with Crippen LogP contribution >= 0.6 is 11.6 Å². The zero-order valence-electron chi connectivity index (χ0n) is 13.4. The molecule has 0 aliphatic carbocycles. The quantitative estimate of drug-likeness (QED) is 0.661. The van der Waals surface area contributed by atoms with Gasteiger partial charge in [-0.25, -0.2) is 9.78 Å². The van der Waals surface area contributed by atoms with Crippen molar-refractivity contribution in [1.29, 1.82) is 0 Å². The van der Waals surface area contributed by atoms with Crippen LogP contribution in [0.4, 0.5) is 23.1 Å². The van der Waals surface area contributed by atoms with Gasteiger partial charge in [0.25, 0.3) is 0 Å². The van der Waals surface area contributed by atoms with Gasteiger partial charge in [0, 0.05) is 22.6 Å². The van der Waals surface area contributed by atoms with Gasteiger partial charge in [-0.2, -0.15) is 4.98 Å². The SMILES string of the molecule is COC(=O)c1cccc(Nc2nccc(Nc3ccc(Cl)cc3)n2)c1. The third-order valence-corrected chi connectivity index (χ3v) is 3.56. The first-order valence-corrected chi connectivity index (χ1v) is 7.83. The summed E-state index contributed by atoms with van der Waals surface area (Å²) in [6.45, 7) is 0. The van der Waals surface area contributed by atoms with Crippen LogP contribution in [0.25, 0.3) is 0 Å². The lowest BCUT2D eigenvalue weighted by molar-refractivity contribution is 0.0601. The van der Waals surface area contributed by atoms with E-state index in [1.54, 1.807) is 42.6 Å². The van der Waals surface area contributed by atoms with Crippen molar-refractivity contribution in [3.8, 4) is 0 Å². The Morgan fingerprint density at radius 1 is 1.04 bits per heavy atom. The standard InChI is InChI=1S/C18H15ClN4O2/c1-25-17(24)12-3-2-4-15(11-12)22-18-20-10-9-16(23-18)21-14-7-5-13(19)6-8-14/h2-11H,1H3,(H2,20,21,22,23). The van der Waals surface area contributed by atoms with E-state index in [0.29, 0.717) is 28.0 Å². The van der Waals surface area contributed by atoms with Crippen LogP contribution in [0.3, 0.4) is 0 Å². The van der Waals surface area contributed by atoms with Crippen LogP contribution < -0.4 is 10.6 Å². The summed E-state index contributed by atoms with van der Waals surface area (Å²) in [7, 11) is 1.34. The molecule has 0 amide bonds. The van der Waals surface area contributed by atoms with Crippen molar-refractivity contribution < 1.29 is 9.53 Å². The molecular formula is C18H15ClN4O2. The van der Waals surface area contributed by atoms with Gasteiger partial charge in [0.2, 0.25) is 5.95 Å². The van der Waals surface area contributed by atoms with Gasteiger partial charge in [-0.15, -0.1) is 0 Å². The van der Waals surface area contributed by atoms with Gasteiger partial charge < -0.3 is 15.4 Å². The van der Waals surface area contributed by atoms with E-state index >= 15 is 0 Å². The molecule has 3 rings (SSSR count). The fourth-order valence-electron chi connectivity index (χ4n) is 2.14. The van der Waals surface area contributed by atoms with E-state index < -0.39 is 5.97 Å². The van der Waals surface area contributed by atoms with Crippen molar-refractivity contribution in [2.24, 2.45) is 0 Å². The van der Waals surface area contributed by atoms with E-state index in [-0.39, 0.29) is 0 Å². The molecule has 2 aromatic carbocycles. The molecule has 0 radical (unpaired) electrons. The van der Waals surface area contributed by atoms with Gasteiger partial charge in [-0.1, -0.05) is 17.7 Å². The second-order valence-electron chi connectivity index (χ2n) is 5.09. The van der Waals surface area contributed by atoms with Crippen LogP contribution in [0, 0.1) is 0 Å². The van der Waals surface area contributed by atoms with Gasteiger partial charge in [0.05, 0.1) is 12.7 Å². The second kappa shape index (κ2) is 7.63. The molecule has 0 saturated carbocycles. The van der Waals surface area contributed by atoms with Crippen LogP contribution in [0.1, 0.15) is 10.4 Å². The van der Waals surface area contributed by atoms with E-state index in [1.165, 1.54) is 7.11 Å². The number of carbonyl (C=O) groups is 1. The number of carbonyl (C=O) groups excluding carboxylic acids is 1. The molecule has 6 nitrogen and oxygen atoms in total. The molecular weight excluding hydrogens is 340 g/mol. The first-order valence-electron chi connectivity index (χ1n) is 7.45. The van der Waals surface area contributed by atoms with Crippen molar-refractivity contribution >= 4 is 40.7 Å². The molecule has 0 aliphatic heterocycles. The molecule has 0 unspecified atom stereocenters. The minimum Gasteiger partial charge on any atom is -0.465 e. The lowest BCUT2D eigenvalue weighted by Gasteiger charge is -2.09. The number of esters is 1. The van der Waals surface area contributed by atoms with Gasteiger partial charge >= 0.3 is 5.97 Å². The summed E-state index contributed by atoms with van der Waals surface area (Å²) in [6, 6.07) is 16.0. The molecule has 0 saturated heterocycles. The Labute approximate surface area is 149 Å². The summed E-state index contributed by atoms with van der Waals surface area (Å²) >= 11 is 5.88. The summed E-state index contributed by atoms with van der Waals surface area (Å²) in [5.74, 6) is 0.632. The lowest BCUT2D eigenvalue weighted by atomic mass is 10.2. The molecule has 0 aliphatic rings. The first kappa shape index (κ1) is 16.7. The Bertz CT molecular complexity index is 884. The maximum atomic E-state index is 11.6. The molecule has 1 aromatic heterocycles. The van der Waals surface area contributed by atoms with Crippen molar-refractivity contribution in [2.45, 2.75) is 0 Å². The maximum absolute atomic E-state index is 11.6. The van der Waals surface area contributed by atoms with Crippen LogP contribution in [0.5, 0.6) is 0 Å². The minimum absolute atomic E-state index is 0.400. The third-order valence-electron chi connectivity index (χ3n) is 3.31. The van der Waals surface area contributed by atoms with E-state index in [9.17, 15) is 4.79 Å². The predicted octanol–water partition coefficient (Wildman–Crippen LogP) is 4.40. The number of benzene rings is 2. The minimum atomic E-state index is -0.400. The molecule has 126 valence electrons. The number of halogens is 1. The van der Waals surface area contributed by atoms with E-state index in [4.69, 9.17) is 16.3 Å². The smallest absolute Gasteiger partial charge is 0.337 e. The Kier molecular flexibility index (Phi) is 5.11. The number of aromatic nitrogens is 2. The average Bonchev–Trinajstić information content (AvgIpc) is 2.63. The summed E-state index contributed by atoms with van der Waals surface area (Å²) < 4.78 is 4.72. The second-order valence-corrected chi connectivity index (χ2v) is 5.53. The topological polar surface area (TPSA) is 76.1 Å². The monoisotopic (exact) mass is 354 g/mol. The van der Waals surface area contributed by atoms with Crippen LogP contribution in [0.15, 0.2) is 60.8 Å². The summed E-state index contributed by atoms with van der Waals surface area (Å²) in [6.07, 6.45) is 1.64. The van der Waals surface area contributed by atoms with Crippen molar-refractivity contribution in [3.05, 3.63) is 71.4 Å². The Hall–Kier alpha value is -3.12. The third kappa shape index (κ3) is 4.45. The van der Waals surface area contributed by atoms with Crippen molar-refractivity contribution in [1.82, 2.24) is 9.97 Å². The Balaban J connectivity index is 1.75. The van der Waals surface area contributed by atoms with E-state index in [0.717, 1.165) is 5.69 Å². The Morgan fingerprint density at radius 3 is 2.60 bits per heavy atom. The summed E-state index contributed by atoms with van der Waals surface area (Å²) in [5.41, 5.74) is 2.00. The molecule has 0 atom stereocenters. The number of nitrogens with one attached hydrogen (secondary N) is 2. The van der Waals surface area contributed by atoms with Gasteiger partial charge in [0.15, 0.2) is 0 Å². The number of anilines is 4. The van der Waals surface area contributed by atoms with E-state index in [1.807, 2.05) is 18.2 Å². The fraction of sp³-hybridized carbons (Fsp3) is 0.0556. The number of hydrogen-bond donors (Lipinski definition) is 2. The van der Waals surface area contributed by atoms with Gasteiger partial charge in [-0.05, 0) is 48.5 Å². The molecule has 0 bridgehead atoms. The number of methoxy groups -OCH3 is 1. The highest BCUT2D eigenvalue weighted by Crippen LogP contribution is 2.20. The summed E-state index contributed by atoms with van der Waals surface area (Å²) in [5, 5.41) is 6.91. The van der Waals surface area contributed by atoms with Crippen LogP contribution in [-0.4, -0.2) is 23.0 Å². The molecule has 3 aromatic rings. The number of ether oxygens (including phenoxy) is 1. The van der Waals surface area contributed by atoms with Crippen LogP contribution in [-0.2, 0) is 4.74 Å². The predicted molar refractivity (Wildman–Crippen MR) is 97.8 cm³/mol. The van der Waals surface area contributed by atoms with Gasteiger partial charge in [0.1, 0.15) is 5.82 Å². The molecule has 1 heterocycles. The molecule has 2 N–H and O–H groups in total. The number of hydrogen-bond acceptors (Lipinski definition) is 6. The Morgan fingerprint density at radius 2 is 1.84 bits per heavy atom. The van der Waals surface area contributed by atoms with Crippen molar-refractivity contribution in [2.75, 3.05) is 17.7 Å². The molecule has 0 spiro atoms. The highest BCUT2D eigenvalue weighted by atomic mass is 35.5. The van der Waals surface area contributed by atoms with Crippen molar-refractivity contribution in [3.63, 3.8) is 0 Å². The highest BCUT2D eigenvalue weighted by molar-refractivity contribution is 6.30. The van der Waals surface area contributed by atoms with E-state index in [2.05, 4.69) is 20.6 Å². The average molecular weight is 355 g/mol. The van der Waals surface area contributed by atoms with Crippen LogP contribution in [0.2, 0.25) is 5.02 Å². The number of nitrogens with zero attached hydrogens (tertiary/aromatic N) is 2.